The van der Waals surface area contributed by atoms with Crippen LogP contribution in [-0.2, 0) is 25.7 Å². The van der Waals surface area contributed by atoms with Gasteiger partial charge in [-0.15, -0.1) is 0 Å². The van der Waals surface area contributed by atoms with Gasteiger partial charge in [-0.05, 0) is 66.0 Å². The zero-order valence-electron chi connectivity index (χ0n) is 14.8. The second-order valence-corrected chi connectivity index (χ2v) is 6.43. The van der Waals surface area contributed by atoms with Crippen LogP contribution in [0.5, 0.6) is 0 Å². The van der Waals surface area contributed by atoms with Crippen molar-refractivity contribution in [1.29, 1.82) is 10.5 Å². The lowest BCUT2D eigenvalue weighted by Gasteiger charge is -2.14. The van der Waals surface area contributed by atoms with Gasteiger partial charge in [0.1, 0.15) is 0 Å². The first-order valence-corrected chi connectivity index (χ1v) is 8.65. The molecule has 0 aromatic heterocycles. The van der Waals surface area contributed by atoms with E-state index in [0.29, 0.717) is 5.92 Å². The molecule has 0 bridgehead atoms. The highest BCUT2D eigenvalue weighted by molar-refractivity contribution is 5.41. The van der Waals surface area contributed by atoms with Crippen LogP contribution in [-0.4, -0.2) is 0 Å². The second-order valence-electron chi connectivity index (χ2n) is 6.43. The number of hydrogen-bond donors (Lipinski definition) is 0. The summed E-state index contributed by atoms with van der Waals surface area (Å²) in [5.74, 6) is 0.514. The second kappa shape index (κ2) is 8.32. The largest absolute Gasteiger partial charge is 0.192 e. The molecule has 0 N–H and O–H groups in total. The number of nitriles is 2. The maximum Gasteiger partial charge on any atom is 0.0994 e. The van der Waals surface area contributed by atoms with Crippen LogP contribution >= 0.6 is 0 Å². The summed E-state index contributed by atoms with van der Waals surface area (Å²) < 4.78 is 0. The monoisotopic (exact) mass is 316 g/mol. The maximum atomic E-state index is 9.14. The van der Waals surface area contributed by atoms with Crippen LogP contribution < -0.4 is 0 Å². The van der Waals surface area contributed by atoms with Gasteiger partial charge in [0, 0.05) is 0 Å². The van der Waals surface area contributed by atoms with Gasteiger partial charge >= 0.3 is 0 Å². The summed E-state index contributed by atoms with van der Waals surface area (Å²) in [5, 5.41) is 18.3. The molecule has 2 rings (SSSR count). The van der Waals surface area contributed by atoms with Crippen molar-refractivity contribution in [3.05, 3.63) is 69.8 Å². The number of benzene rings is 2. The fourth-order valence-electron chi connectivity index (χ4n) is 3.23. The van der Waals surface area contributed by atoms with E-state index in [1.54, 1.807) is 0 Å². The Labute approximate surface area is 145 Å². The van der Waals surface area contributed by atoms with Gasteiger partial charge in [-0.3, -0.25) is 0 Å². The Hall–Kier alpha value is -2.58. The van der Waals surface area contributed by atoms with E-state index in [2.05, 4.69) is 57.2 Å². The molecular weight excluding hydrogens is 292 g/mol. The zero-order valence-corrected chi connectivity index (χ0v) is 14.8. The molecule has 2 aromatic rings. The van der Waals surface area contributed by atoms with Gasteiger partial charge in [0.05, 0.1) is 23.3 Å². The Morgan fingerprint density at radius 2 is 1.21 bits per heavy atom. The van der Waals surface area contributed by atoms with Gasteiger partial charge in [0.15, 0.2) is 0 Å². The third-order valence-corrected chi connectivity index (χ3v) is 4.51. The van der Waals surface area contributed by atoms with Crippen molar-refractivity contribution in [2.75, 3.05) is 0 Å². The van der Waals surface area contributed by atoms with E-state index in [1.165, 1.54) is 11.1 Å². The Kier molecular flexibility index (Phi) is 6.16. The van der Waals surface area contributed by atoms with Gasteiger partial charge in [0.2, 0.25) is 0 Å². The lowest BCUT2D eigenvalue weighted by molar-refractivity contribution is 0.576. The molecule has 0 heterocycles. The predicted octanol–water partition coefficient (Wildman–Crippen LogP) is 4.98. The van der Waals surface area contributed by atoms with Crippen molar-refractivity contribution < 1.29 is 0 Å². The van der Waals surface area contributed by atoms with Crippen molar-refractivity contribution in [1.82, 2.24) is 0 Å². The van der Waals surface area contributed by atoms with E-state index >= 15 is 0 Å². The minimum absolute atomic E-state index is 0.514. The van der Waals surface area contributed by atoms with Crippen LogP contribution in [0.25, 0.3) is 0 Å². The Morgan fingerprint density at radius 1 is 0.792 bits per heavy atom. The standard InChI is InChI=1S/C22H24N2/c1-4-19-12-17(6-8-21(19)14-23)10-16(3)11-18-7-9-22(15-24)20(5-2)13-18/h6-9,12-13,16H,4-5,10-11H2,1-3H3. The quantitative estimate of drug-likeness (QED) is 0.755. The van der Waals surface area contributed by atoms with E-state index < -0.39 is 0 Å². The molecule has 0 spiro atoms. The molecule has 24 heavy (non-hydrogen) atoms. The minimum Gasteiger partial charge on any atom is -0.192 e. The molecule has 0 aliphatic heterocycles. The molecule has 0 atom stereocenters. The minimum atomic E-state index is 0.514. The number of nitrogens with zero attached hydrogens (tertiary/aromatic N) is 2. The molecular formula is C22H24N2. The van der Waals surface area contributed by atoms with Crippen molar-refractivity contribution in [2.45, 2.75) is 46.5 Å². The van der Waals surface area contributed by atoms with E-state index in [0.717, 1.165) is 47.9 Å². The lowest BCUT2D eigenvalue weighted by atomic mass is 9.91. The van der Waals surface area contributed by atoms with Crippen molar-refractivity contribution in [2.24, 2.45) is 5.92 Å². The topological polar surface area (TPSA) is 47.6 Å². The first-order chi connectivity index (χ1) is 11.6. The predicted molar refractivity (Wildman–Crippen MR) is 97.6 cm³/mol. The number of aryl methyl sites for hydroxylation is 2. The summed E-state index contributed by atoms with van der Waals surface area (Å²) in [6, 6.07) is 16.9. The molecule has 0 unspecified atom stereocenters. The van der Waals surface area contributed by atoms with Crippen molar-refractivity contribution in [3.63, 3.8) is 0 Å². The normalized spacial score (nSPS) is 10.4. The van der Waals surface area contributed by atoms with Crippen LogP contribution in [0.4, 0.5) is 0 Å². The van der Waals surface area contributed by atoms with Crippen LogP contribution in [0.2, 0.25) is 0 Å². The average Bonchev–Trinajstić information content (AvgIpc) is 2.61. The smallest absolute Gasteiger partial charge is 0.0994 e. The van der Waals surface area contributed by atoms with E-state index in [-0.39, 0.29) is 0 Å². The molecule has 0 saturated heterocycles. The molecule has 0 aliphatic carbocycles. The summed E-state index contributed by atoms with van der Waals surface area (Å²) in [5.41, 5.74) is 6.43. The molecule has 2 aromatic carbocycles. The summed E-state index contributed by atoms with van der Waals surface area (Å²) in [7, 11) is 0. The number of hydrogen-bond acceptors (Lipinski definition) is 2. The highest BCUT2D eigenvalue weighted by atomic mass is 14.3. The number of rotatable bonds is 6. The van der Waals surface area contributed by atoms with Crippen molar-refractivity contribution >= 4 is 0 Å². The first-order valence-electron chi connectivity index (χ1n) is 8.65. The Balaban J connectivity index is 2.10. The highest BCUT2D eigenvalue weighted by Crippen LogP contribution is 2.20. The Bertz CT molecular complexity index is 723. The third kappa shape index (κ3) is 4.24. The van der Waals surface area contributed by atoms with Gasteiger partial charge in [-0.1, -0.05) is 45.0 Å². The molecule has 0 saturated carbocycles. The molecule has 2 heteroatoms. The van der Waals surface area contributed by atoms with Crippen LogP contribution in [0.3, 0.4) is 0 Å². The van der Waals surface area contributed by atoms with Gasteiger partial charge in [-0.2, -0.15) is 10.5 Å². The van der Waals surface area contributed by atoms with Crippen molar-refractivity contribution in [3.8, 4) is 12.1 Å². The van der Waals surface area contributed by atoms with Crippen LogP contribution in [0.1, 0.15) is 54.2 Å². The summed E-state index contributed by atoms with van der Waals surface area (Å²) >= 11 is 0. The lowest BCUT2D eigenvalue weighted by Crippen LogP contribution is -2.05. The first kappa shape index (κ1) is 17.8. The van der Waals surface area contributed by atoms with E-state index in [9.17, 15) is 0 Å². The molecule has 0 radical (unpaired) electrons. The van der Waals surface area contributed by atoms with Crippen LogP contribution in [0.15, 0.2) is 36.4 Å². The van der Waals surface area contributed by atoms with Gasteiger partial charge in [-0.25, -0.2) is 0 Å². The molecule has 0 aliphatic rings. The van der Waals surface area contributed by atoms with E-state index in [1.807, 2.05) is 12.1 Å². The molecule has 122 valence electrons. The summed E-state index contributed by atoms with van der Waals surface area (Å²) in [6.07, 6.45) is 3.78. The van der Waals surface area contributed by atoms with Gasteiger partial charge < -0.3 is 0 Å². The summed E-state index contributed by atoms with van der Waals surface area (Å²) in [4.78, 5) is 0. The van der Waals surface area contributed by atoms with Gasteiger partial charge in [0.25, 0.3) is 0 Å². The van der Waals surface area contributed by atoms with Crippen LogP contribution in [0, 0.1) is 28.6 Å². The zero-order chi connectivity index (χ0) is 17.5. The fraction of sp³-hybridized carbons (Fsp3) is 0.364. The Morgan fingerprint density at radius 3 is 1.54 bits per heavy atom. The maximum absolute atomic E-state index is 9.14. The fourth-order valence-corrected chi connectivity index (χ4v) is 3.23. The van der Waals surface area contributed by atoms with E-state index in [4.69, 9.17) is 10.5 Å². The molecule has 0 amide bonds. The SMILES string of the molecule is CCc1cc(CC(C)Cc2ccc(C#N)c(CC)c2)ccc1C#N. The average molecular weight is 316 g/mol. The molecule has 0 fully saturated rings. The third-order valence-electron chi connectivity index (χ3n) is 4.51. The summed E-state index contributed by atoms with van der Waals surface area (Å²) in [6.45, 7) is 6.44. The molecule has 2 nitrogen and oxygen atoms in total. The highest BCUT2D eigenvalue weighted by Gasteiger charge is 2.09.